The fraction of sp³-hybridized carbons (Fsp3) is 0.0455. The first-order valence-corrected chi connectivity index (χ1v) is 8.91. The second-order valence-corrected chi connectivity index (χ2v) is 6.64. The molecule has 5 rings (SSSR count). The van der Waals surface area contributed by atoms with Gasteiger partial charge in [-0.25, -0.2) is 4.98 Å². The highest BCUT2D eigenvalue weighted by Crippen LogP contribution is 2.26. The third-order valence-electron chi connectivity index (χ3n) is 4.75. The smallest absolute Gasteiger partial charge is 0.130 e. The van der Waals surface area contributed by atoms with Crippen molar-refractivity contribution in [3.63, 3.8) is 0 Å². The van der Waals surface area contributed by atoms with Gasteiger partial charge >= 0.3 is 0 Å². The first-order chi connectivity index (χ1) is 13.2. The van der Waals surface area contributed by atoms with Crippen molar-refractivity contribution >= 4 is 44.7 Å². The van der Waals surface area contributed by atoms with Crippen LogP contribution >= 0.6 is 0 Å². The number of aromatic amines is 2. The predicted octanol–water partition coefficient (Wildman–Crippen LogP) is 5.84. The molecule has 0 radical (unpaired) electrons. The zero-order chi connectivity index (χ0) is 18.2. The fourth-order valence-electron chi connectivity index (χ4n) is 3.32. The zero-order valence-electron chi connectivity index (χ0n) is 14.9. The van der Waals surface area contributed by atoms with Crippen molar-refractivity contribution < 1.29 is 0 Å². The molecule has 5 aromatic rings. The molecule has 3 aromatic heterocycles. The summed E-state index contributed by atoms with van der Waals surface area (Å²) in [6.45, 7) is 2.01. The molecule has 0 unspecified atom stereocenters. The second kappa shape index (κ2) is 6.21. The summed E-state index contributed by atoms with van der Waals surface area (Å²) in [6, 6.07) is 20.7. The molecular weight excluding hydrogens is 334 g/mol. The number of H-pyrrole nitrogens is 2. The van der Waals surface area contributed by atoms with E-state index in [2.05, 4.69) is 75.2 Å². The molecule has 132 valence electrons. The van der Waals surface area contributed by atoms with Crippen LogP contribution in [0.5, 0.6) is 0 Å². The average Bonchev–Trinajstić information content (AvgIpc) is 3.32. The third-order valence-corrected chi connectivity index (χ3v) is 4.75. The quantitative estimate of drug-likeness (QED) is 0.328. The molecule has 2 aromatic carbocycles. The van der Waals surface area contributed by atoms with Crippen molar-refractivity contribution in [3.05, 3.63) is 78.8 Å². The maximum Gasteiger partial charge on any atom is 0.130 e. The zero-order valence-corrected chi connectivity index (χ0v) is 14.9. The van der Waals surface area contributed by atoms with Crippen LogP contribution in [0.1, 0.15) is 5.69 Å². The van der Waals surface area contributed by atoms with Gasteiger partial charge in [-0.1, -0.05) is 12.1 Å². The average molecular weight is 353 g/mol. The number of fused-ring (bicyclic) bond motifs is 2. The van der Waals surface area contributed by atoms with Gasteiger partial charge in [-0.15, -0.1) is 0 Å². The maximum absolute atomic E-state index is 4.69. The molecule has 0 saturated carbocycles. The van der Waals surface area contributed by atoms with Crippen LogP contribution in [0.3, 0.4) is 0 Å². The van der Waals surface area contributed by atoms with Crippen LogP contribution in [-0.4, -0.2) is 15.0 Å². The lowest BCUT2D eigenvalue weighted by atomic mass is 10.2. The van der Waals surface area contributed by atoms with E-state index in [0.29, 0.717) is 0 Å². The Bertz CT molecular complexity index is 1250. The van der Waals surface area contributed by atoms with Crippen molar-refractivity contribution in [1.82, 2.24) is 15.0 Å². The number of hydrogen-bond acceptors (Lipinski definition) is 3. The Morgan fingerprint density at radius 2 is 1.33 bits per heavy atom. The minimum Gasteiger partial charge on any atom is -0.361 e. The van der Waals surface area contributed by atoms with Gasteiger partial charge in [0.15, 0.2) is 0 Å². The number of hydrogen-bond donors (Lipinski definition) is 4. The monoisotopic (exact) mass is 353 g/mol. The van der Waals surface area contributed by atoms with Crippen LogP contribution in [0.4, 0.5) is 22.9 Å². The van der Waals surface area contributed by atoms with Crippen molar-refractivity contribution in [2.24, 2.45) is 0 Å². The maximum atomic E-state index is 4.69. The summed E-state index contributed by atoms with van der Waals surface area (Å²) >= 11 is 0. The van der Waals surface area contributed by atoms with Gasteiger partial charge in [-0.2, -0.15) is 0 Å². The molecule has 0 bridgehead atoms. The molecule has 5 nitrogen and oxygen atoms in total. The summed E-state index contributed by atoms with van der Waals surface area (Å²) in [4.78, 5) is 11.2. The van der Waals surface area contributed by atoms with E-state index in [1.165, 1.54) is 10.8 Å². The number of pyridine rings is 1. The Hall–Kier alpha value is -3.73. The lowest BCUT2D eigenvalue weighted by molar-refractivity contribution is 1.20. The predicted molar refractivity (Wildman–Crippen MR) is 112 cm³/mol. The SMILES string of the molecule is Cc1nc(Nc2ccc3cc[nH]c3c2)ccc1Nc1ccc2cc[nH]c2c1. The van der Waals surface area contributed by atoms with Gasteiger partial charge in [0, 0.05) is 34.8 Å². The number of nitrogens with one attached hydrogen (secondary N) is 4. The van der Waals surface area contributed by atoms with Gasteiger partial charge < -0.3 is 20.6 Å². The fourth-order valence-corrected chi connectivity index (χ4v) is 3.32. The summed E-state index contributed by atoms with van der Waals surface area (Å²) in [5.41, 5.74) is 6.19. The van der Waals surface area contributed by atoms with Crippen LogP contribution in [0, 0.1) is 6.92 Å². The molecule has 0 spiro atoms. The van der Waals surface area contributed by atoms with Crippen LogP contribution < -0.4 is 10.6 Å². The van der Waals surface area contributed by atoms with E-state index in [9.17, 15) is 0 Å². The molecule has 4 N–H and O–H groups in total. The Kier molecular flexibility index (Phi) is 3.57. The standard InChI is InChI=1S/C22H19N5/c1-14-19(26-17-4-2-15-8-10-23-20(15)12-17)6-7-22(25-14)27-18-5-3-16-9-11-24-21(16)13-18/h2-13,23-24,26H,1H3,(H,25,27). The Labute approximate surface area is 156 Å². The number of aryl methyl sites for hydroxylation is 1. The van der Waals surface area contributed by atoms with E-state index in [4.69, 9.17) is 4.98 Å². The highest BCUT2D eigenvalue weighted by molar-refractivity contribution is 5.85. The van der Waals surface area contributed by atoms with E-state index in [1.54, 1.807) is 0 Å². The summed E-state index contributed by atoms with van der Waals surface area (Å²) in [5, 5.41) is 9.23. The van der Waals surface area contributed by atoms with Gasteiger partial charge in [0.25, 0.3) is 0 Å². The molecule has 3 heterocycles. The summed E-state index contributed by atoms with van der Waals surface area (Å²) in [6.07, 6.45) is 3.90. The highest BCUT2D eigenvalue weighted by Gasteiger charge is 2.05. The topological polar surface area (TPSA) is 68.5 Å². The molecule has 0 fully saturated rings. The molecule has 0 amide bonds. The molecule has 0 aliphatic carbocycles. The third kappa shape index (κ3) is 3.00. The Morgan fingerprint density at radius 3 is 1.96 bits per heavy atom. The van der Waals surface area contributed by atoms with Crippen LogP contribution in [-0.2, 0) is 0 Å². The van der Waals surface area contributed by atoms with Gasteiger partial charge in [0.2, 0.25) is 0 Å². The van der Waals surface area contributed by atoms with E-state index in [-0.39, 0.29) is 0 Å². The molecule has 27 heavy (non-hydrogen) atoms. The lowest BCUT2D eigenvalue weighted by Crippen LogP contribution is -1.99. The molecular formula is C22H19N5. The molecule has 0 aliphatic heterocycles. The van der Waals surface area contributed by atoms with Gasteiger partial charge in [-0.3, -0.25) is 0 Å². The molecule has 0 aliphatic rings. The van der Waals surface area contributed by atoms with E-state index in [1.807, 2.05) is 25.4 Å². The van der Waals surface area contributed by atoms with E-state index < -0.39 is 0 Å². The Morgan fingerprint density at radius 1 is 0.704 bits per heavy atom. The van der Waals surface area contributed by atoms with Crippen LogP contribution in [0.25, 0.3) is 21.8 Å². The molecule has 5 heteroatoms. The van der Waals surface area contributed by atoms with Crippen molar-refractivity contribution in [1.29, 1.82) is 0 Å². The summed E-state index contributed by atoms with van der Waals surface area (Å²) < 4.78 is 0. The first-order valence-electron chi connectivity index (χ1n) is 8.91. The van der Waals surface area contributed by atoms with Crippen molar-refractivity contribution in [3.8, 4) is 0 Å². The number of nitrogens with zero attached hydrogens (tertiary/aromatic N) is 1. The van der Waals surface area contributed by atoms with Crippen LogP contribution in [0.15, 0.2) is 73.1 Å². The molecule has 0 saturated heterocycles. The highest BCUT2D eigenvalue weighted by atomic mass is 15.0. The van der Waals surface area contributed by atoms with Crippen LogP contribution in [0.2, 0.25) is 0 Å². The normalized spacial score (nSPS) is 11.1. The summed E-state index contributed by atoms with van der Waals surface area (Å²) in [5.74, 6) is 0.823. The second-order valence-electron chi connectivity index (χ2n) is 6.64. The number of benzene rings is 2. The minimum absolute atomic E-state index is 0.823. The van der Waals surface area contributed by atoms with E-state index in [0.717, 1.165) is 39.6 Å². The van der Waals surface area contributed by atoms with E-state index >= 15 is 0 Å². The van der Waals surface area contributed by atoms with Gasteiger partial charge in [0.1, 0.15) is 5.82 Å². The van der Waals surface area contributed by atoms with Gasteiger partial charge in [-0.05, 0) is 66.2 Å². The number of rotatable bonds is 4. The number of anilines is 4. The lowest BCUT2D eigenvalue weighted by Gasteiger charge is -2.12. The Balaban J connectivity index is 1.37. The number of aromatic nitrogens is 3. The largest absolute Gasteiger partial charge is 0.361 e. The van der Waals surface area contributed by atoms with Crippen molar-refractivity contribution in [2.75, 3.05) is 10.6 Å². The van der Waals surface area contributed by atoms with Crippen molar-refractivity contribution in [2.45, 2.75) is 6.92 Å². The molecule has 0 atom stereocenters. The van der Waals surface area contributed by atoms with Gasteiger partial charge in [0.05, 0.1) is 11.4 Å². The summed E-state index contributed by atoms with van der Waals surface area (Å²) in [7, 11) is 0. The first kappa shape index (κ1) is 15.5. The minimum atomic E-state index is 0.823.